The molecule has 4 nitrogen and oxygen atoms in total. The van der Waals surface area contributed by atoms with Crippen molar-refractivity contribution in [3.63, 3.8) is 0 Å². The third-order valence-electron chi connectivity index (χ3n) is 2.22. The normalized spacial score (nSPS) is 19.6. The minimum atomic E-state index is -0.614. The number of halogens is 1. The van der Waals surface area contributed by atoms with Crippen LogP contribution in [0, 0.1) is 10.1 Å². The quantitative estimate of drug-likeness (QED) is 0.572. The van der Waals surface area contributed by atoms with Crippen LogP contribution in [-0.4, -0.2) is 17.6 Å². The minimum Gasteiger partial charge on any atom is -0.485 e. The van der Waals surface area contributed by atoms with Gasteiger partial charge >= 0.3 is 0 Å². The van der Waals surface area contributed by atoms with E-state index >= 15 is 0 Å². The van der Waals surface area contributed by atoms with E-state index in [2.05, 4.69) is 15.9 Å². The molecule has 0 saturated heterocycles. The molecule has 5 heteroatoms. The van der Waals surface area contributed by atoms with Crippen LogP contribution < -0.4 is 4.74 Å². The molecule has 1 aromatic rings. The number of benzene rings is 1. The summed E-state index contributed by atoms with van der Waals surface area (Å²) in [6.07, 6.45) is 0.446. The molecule has 0 fully saturated rings. The molecule has 1 aromatic carbocycles. The van der Waals surface area contributed by atoms with Gasteiger partial charge in [-0.05, 0) is 22.0 Å². The fourth-order valence-electron chi connectivity index (χ4n) is 1.50. The average Bonchev–Trinajstić information content (AvgIpc) is 2.17. The summed E-state index contributed by atoms with van der Waals surface area (Å²) in [6, 6.07) is 4.96. The topological polar surface area (TPSA) is 52.4 Å². The second-order valence-electron chi connectivity index (χ2n) is 3.18. The third-order valence-corrected chi connectivity index (χ3v) is 2.85. The number of hydrogen-bond donors (Lipinski definition) is 0. The molecule has 0 N–H and O–H groups in total. The van der Waals surface area contributed by atoms with Crippen molar-refractivity contribution in [1.29, 1.82) is 0 Å². The zero-order valence-corrected chi connectivity index (χ0v) is 8.86. The van der Waals surface area contributed by atoms with Gasteiger partial charge in [-0.1, -0.05) is 12.1 Å². The molecular weight excluding hydrogens is 250 g/mol. The number of rotatable bonds is 1. The van der Waals surface area contributed by atoms with Gasteiger partial charge in [0, 0.05) is 16.9 Å². The molecule has 1 aliphatic rings. The monoisotopic (exact) mass is 257 g/mol. The molecule has 0 amide bonds. The number of para-hydroxylation sites is 1. The number of ether oxygens (including phenoxy) is 1. The van der Waals surface area contributed by atoms with Crippen LogP contribution in [0.2, 0.25) is 0 Å². The fourth-order valence-corrected chi connectivity index (χ4v) is 2.03. The zero-order chi connectivity index (χ0) is 10.1. The molecule has 2 rings (SSSR count). The second-order valence-corrected chi connectivity index (χ2v) is 4.04. The van der Waals surface area contributed by atoms with Crippen molar-refractivity contribution >= 4 is 15.9 Å². The lowest BCUT2D eigenvalue weighted by molar-refractivity contribution is -0.525. The highest BCUT2D eigenvalue weighted by molar-refractivity contribution is 9.10. The molecule has 0 aromatic heterocycles. The highest BCUT2D eigenvalue weighted by Crippen LogP contribution is 2.33. The lowest BCUT2D eigenvalue weighted by Gasteiger charge is -2.20. The second kappa shape index (κ2) is 3.57. The van der Waals surface area contributed by atoms with E-state index in [1.807, 2.05) is 18.2 Å². The molecule has 0 spiro atoms. The van der Waals surface area contributed by atoms with Gasteiger partial charge in [0.15, 0.2) is 6.61 Å². The van der Waals surface area contributed by atoms with Crippen molar-refractivity contribution in [2.24, 2.45) is 0 Å². The van der Waals surface area contributed by atoms with Crippen LogP contribution in [-0.2, 0) is 6.42 Å². The van der Waals surface area contributed by atoms with E-state index < -0.39 is 6.04 Å². The first-order valence-electron chi connectivity index (χ1n) is 4.22. The Morgan fingerprint density at radius 1 is 1.57 bits per heavy atom. The summed E-state index contributed by atoms with van der Waals surface area (Å²) >= 11 is 3.34. The Bertz CT molecular complexity index is 380. The first-order valence-corrected chi connectivity index (χ1v) is 5.01. The van der Waals surface area contributed by atoms with Crippen LogP contribution in [0.3, 0.4) is 0 Å². The molecule has 1 atom stereocenters. The summed E-state index contributed by atoms with van der Waals surface area (Å²) in [5.41, 5.74) is 0.896. The Morgan fingerprint density at radius 3 is 3.07 bits per heavy atom. The Morgan fingerprint density at radius 2 is 2.36 bits per heavy atom. The molecule has 1 heterocycles. The SMILES string of the molecule is O=[N+]([O-])C1COc2c(Br)cccc2C1. The van der Waals surface area contributed by atoms with Crippen LogP contribution >= 0.6 is 15.9 Å². The number of fused-ring (bicyclic) bond motifs is 1. The highest BCUT2D eigenvalue weighted by atomic mass is 79.9. The maximum Gasteiger partial charge on any atom is 0.250 e. The standard InChI is InChI=1S/C9H8BrNO3/c10-8-3-1-2-6-4-7(11(12)13)5-14-9(6)8/h1-3,7H,4-5H2. The van der Waals surface area contributed by atoms with Crippen LogP contribution in [0.4, 0.5) is 0 Å². The highest BCUT2D eigenvalue weighted by Gasteiger charge is 2.28. The van der Waals surface area contributed by atoms with E-state index in [1.165, 1.54) is 0 Å². The van der Waals surface area contributed by atoms with Crippen molar-refractivity contribution in [3.8, 4) is 5.75 Å². The lowest BCUT2D eigenvalue weighted by atomic mass is 10.0. The average molecular weight is 258 g/mol. The van der Waals surface area contributed by atoms with Gasteiger partial charge in [0.05, 0.1) is 4.47 Å². The van der Waals surface area contributed by atoms with Crippen LogP contribution in [0.25, 0.3) is 0 Å². The summed E-state index contributed by atoms with van der Waals surface area (Å²) in [4.78, 5) is 10.3. The number of hydrogen-bond acceptors (Lipinski definition) is 3. The summed E-state index contributed by atoms with van der Waals surface area (Å²) in [5, 5.41) is 10.6. The lowest BCUT2D eigenvalue weighted by Crippen LogP contribution is -2.33. The van der Waals surface area contributed by atoms with Crippen molar-refractivity contribution < 1.29 is 9.66 Å². The van der Waals surface area contributed by atoms with Crippen molar-refractivity contribution in [2.75, 3.05) is 6.61 Å². The summed E-state index contributed by atoms with van der Waals surface area (Å²) in [6.45, 7) is 0.155. The Kier molecular flexibility index (Phi) is 2.41. The molecule has 0 aliphatic carbocycles. The largest absolute Gasteiger partial charge is 0.485 e. The maximum atomic E-state index is 10.6. The first-order chi connectivity index (χ1) is 6.68. The Balaban J connectivity index is 2.31. The predicted octanol–water partition coefficient (Wildman–Crippen LogP) is 2.03. The van der Waals surface area contributed by atoms with Crippen molar-refractivity contribution in [3.05, 3.63) is 38.3 Å². The first kappa shape index (κ1) is 9.45. The van der Waals surface area contributed by atoms with Gasteiger partial charge in [0.25, 0.3) is 6.04 Å². The van der Waals surface area contributed by atoms with Crippen LogP contribution in [0.1, 0.15) is 5.56 Å². The van der Waals surface area contributed by atoms with E-state index in [4.69, 9.17) is 4.74 Å². The van der Waals surface area contributed by atoms with Gasteiger partial charge in [-0.15, -0.1) is 0 Å². The zero-order valence-electron chi connectivity index (χ0n) is 7.27. The van der Waals surface area contributed by atoms with E-state index in [9.17, 15) is 10.1 Å². The number of nitrogens with zero attached hydrogens (tertiary/aromatic N) is 1. The molecule has 14 heavy (non-hydrogen) atoms. The summed E-state index contributed by atoms with van der Waals surface area (Å²) < 4.78 is 6.20. The molecule has 0 bridgehead atoms. The van der Waals surface area contributed by atoms with Gasteiger partial charge < -0.3 is 4.74 Å². The van der Waals surface area contributed by atoms with E-state index in [0.717, 1.165) is 15.8 Å². The minimum absolute atomic E-state index is 0.155. The maximum absolute atomic E-state index is 10.6. The van der Waals surface area contributed by atoms with Gasteiger partial charge in [-0.2, -0.15) is 0 Å². The molecule has 0 saturated carbocycles. The molecule has 1 aliphatic heterocycles. The van der Waals surface area contributed by atoms with Crippen molar-refractivity contribution in [1.82, 2.24) is 0 Å². The summed E-state index contributed by atoms with van der Waals surface area (Å²) in [7, 11) is 0. The van der Waals surface area contributed by atoms with E-state index in [-0.39, 0.29) is 11.5 Å². The van der Waals surface area contributed by atoms with Crippen molar-refractivity contribution in [2.45, 2.75) is 12.5 Å². The molecule has 1 unspecified atom stereocenters. The molecule has 74 valence electrons. The predicted molar refractivity (Wildman–Crippen MR) is 54.1 cm³/mol. The van der Waals surface area contributed by atoms with Gasteiger partial charge in [-0.3, -0.25) is 10.1 Å². The van der Waals surface area contributed by atoms with Gasteiger partial charge in [0.1, 0.15) is 5.75 Å². The van der Waals surface area contributed by atoms with Gasteiger partial charge in [0.2, 0.25) is 0 Å². The smallest absolute Gasteiger partial charge is 0.250 e. The van der Waals surface area contributed by atoms with Crippen LogP contribution in [0.15, 0.2) is 22.7 Å². The van der Waals surface area contributed by atoms with E-state index in [1.54, 1.807) is 0 Å². The van der Waals surface area contributed by atoms with Gasteiger partial charge in [-0.25, -0.2) is 0 Å². The number of nitro groups is 1. The van der Waals surface area contributed by atoms with Crippen LogP contribution in [0.5, 0.6) is 5.75 Å². The fraction of sp³-hybridized carbons (Fsp3) is 0.333. The molecule has 0 radical (unpaired) electrons. The molecular formula is C9H8BrNO3. The Hall–Kier alpha value is -1.10. The Labute approximate surface area is 89.2 Å². The third kappa shape index (κ3) is 1.59. The summed E-state index contributed by atoms with van der Waals surface area (Å²) in [5.74, 6) is 0.741. The van der Waals surface area contributed by atoms with E-state index in [0.29, 0.717) is 6.42 Å².